The number of rotatable bonds is 3. The summed E-state index contributed by atoms with van der Waals surface area (Å²) in [6.45, 7) is 2.14. The number of ether oxygens (including phenoxy) is 2. The Kier molecular flexibility index (Phi) is 4.17. The number of nitrogens with zero attached hydrogens (tertiary/aromatic N) is 3. The smallest absolute Gasteiger partial charge is 0.261 e. The van der Waals surface area contributed by atoms with Gasteiger partial charge in [-0.3, -0.25) is 9.78 Å². The SMILES string of the molecule is Cc1csc(-c2cc(-c3ccc4c(c3)OCO4)c(-c3ccncc3)n(C)c2=O)n1. The van der Waals surface area contributed by atoms with E-state index in [1.807, 2.05) is 48.7 Å². The van der Waals surface area contributed by atoms with E-state index in [4.69, 9.17) is 9.47 Å². The average Bonchev–Trinajstić information content (AvgIpc) is 3.38. The summed E-state index contributed by atoms with van der Waals surface area (Å²) in [4.78, 5) is 21.8. The van der Waals surface area contributed by atoms with Gasteiger partial charge in [0, 0.05) is 41.6 Å². The molecule has 0 spiro atoms. The van der Waals surface area contributed by atoms with Gasteiger partial charge in [0.2, 0.25) is 6.79 Å². The lowest BCUT2D eigenvalue weighted by Crippen LogP contribution is -2.21. The van der Waals surface area contributed by atoms with E-state index in [2.05, 4.69) is 9.97 Å². The largest absolute Gasteiger partial charge is 0.454 e. The molecule has 0 saturated heterocycles. The molecule has 5 rings (SSSR count). The Balaban J connectivity index is 1.81. The summed E-state index contributed by atoms with van der Waals surface area (Å²) in [5.74, 6) is 1.42. The van der Waals surface area contributed by atoms with E-state index in [1.165, 1.54) is 11.3 Å². The molecular weight excluding hydrogens is 386 g/mol. The molecule has 1 aromatic carbocycles. The van der Waals surface area contributed by atoms with Crippen LogP contribution in [-0.4, -0.2) is 21.3 Å². The van der Waals surface area contributed by atoms with Crippen LogP contribution in [0.2, 0.25) is 0 Å². The second kappa shape index (κ2) is 6.86. The second-order valence-electron chi connectivity index (χ2n) is 6.78. The van der Waals surface area contributed by atoms with Gasteiger partial charge in [0.1, 0.15) is 5.01 Å². The summed E-state index contributed by atoms with van der Waals surface area (Å²) in [5.41, 5.74) is 4.97. The molecule has 0 fully saturated rings. The highest BCUT2D eigenvalue weighted by Crippen LogP contribution is 2.39. The van der Waals surface area contributed by atoms with Crippen LogP contribution in [0.15, 0.2) is 59.0 Å². The van der Waals surface area contributed by atoms with Crippen molar-refractivity contribution < 1.29 is 9.47 Å². The van der Waals surface area contributed by atoms with Crippen LogP contribution < -0.4 is 15.0 Å². The highest BCUT2D eigenvalue weighted by molar-refractivity contribution is 7.13. The lowest BCUT2D eigenvalue weighted by atomic mass is 9.97. The van der Waals surface area contributed by atoms with Gasteiger partial charge in [-0.15, -0.1) is 11.3 Å². The fraction of sp³-hybridized carbons (Fsp3) is 0.136. The van der Waals surface area contributed by atoms with E-state index in [-0.39, 0.29) is 12.4 Å². The van der Waals surface area contributed by atoms with E-state index < -0.39 is 0 Å². The molecule has 1 aliphatic heterocycles. The van der Waals surface area contributed by atoms with E-state index in [1.54, 1.807) is 24.0 Å². The first-order valence-corrected chi connectivity index (χ1v) is 9.97. The third-order valence-electron chi connectivity index (χ3n) is 4.90. The number of benzene rings is 1. The van der Waals surface area contributed by atoms with E-state index in [0.717, 1.165) is 33.8 Å². The van der Waals surface area contributed by atoms with Crippen molar-refractivity contribution in [1.29, 1.82) is 0 Å². The fourth-order valence-corrected chi connectivity index (χ4v) is 4.32. The van der Waals surface area contributed by atoms with Gasteiger partial charge in [0.05, 0.1) is 11.3 Å². The van der Waals surface area contributed by atoms with Crippen LogP contribution >= 0.6 is 11.3 Å². The topological polar surface area (TPSA) is 66.2 Å². The number of hydrogen-bond donors (Lipinski definition) is 0. The summed E-state index contributed by atoms with van der Waals surface area (Å²) in [6, 6.07) is 11.6. The Morgan fingerprint density at radius 1 is 1.00 bits per heavy atom. The first-order chi connectivity index (χ1) is 14.1. The molecule has 0 unspecified atom stereocenters. The third kappa shape index (κ3) is 3.00. The summed E-state index contributed by atoms with van der Waals surface area (Å²) in [7, 11) is 1.79. The summed E-state index contributed by atoms with van der Waals surface area (Å²) >= 11 is 1.47. The Morgan fingerprint density at radius 2 is 1.79 bits per heavy atom. The average molecular weight is 403 g/mol. The van der Waals surface area contributed by atoms with Crippen molar-refractivity contribution in [2.24, 2.45) is 7.05 Å². The molecule has 0 N–H and O–H groups in total. The van der Waals surface area contributed by atoms with Crippen LogP contribution in [0.4, 0.5) is 0 Å². The minimum Gasteiger partial charge on any atom is -0.454 e. The van der Waals surface area contributed by atoms with Gasteiger partial charge in [-0.05, 0) is 42.8 Å². The van der Waals surface area contributed by atoms with Gasteiger partial charge in [-0.1, -0.05) is 6.07 Å². The van der Waals surface area contributed by atoms with Gasteiger partial charge in [0.15, 0.2) is 11.5 Å². The summed E-state index contributed by atoms with van der Waals surface area (Å²) in [5, 5.41) is 2.66. The highest BCUT2D eigenvalue weighted by atomic mass is 32.1. The minimum atomic E-state index is -0.0874. The zero-order chi connectivity index (χ0) is 20.0. The Labute approximate surface area is 171 Å². The molecule has 0 atom stereocenters. The van der Waals surface area contributed by atoms with Crippen molar-refractivity contribution in [3.05, 3.63) is 70.2 Å². The van der Waals surface area contributed by atoms with E-state index in [0.29, 0.717) is 16.3 Å². The molecule has 0 bridgehead atoms. The van der Waals surface area contributed by atoms with Crippen LogP contribution in [0, 0.1) is 6.92 Å². The molecule has 29 heavy (non-hydrogen) atoms. The van der Waals surface area contributed by atoms with Crippen molar-refractivity contribution in [3.63, 3.8) is 0 Å². The highest BCUT2D eigenvalue weighted by Gasteiger charge is 2.21. The third-order valence-corrected chi connectivity index (χ3v) is 5.89. The maximum Gasteiger partial charge on any atom is 0.261 e. The molecule has 7 heteroatoms. The van der Waals surface area contributed by atoms with Gasteiger partial charge in [0.25, 0.3) is 5.56 Å². The molecule has 1 aliphatic rings. The number of hydrogen-bond acceptors (Lipinski definition) is 6. The Morgan fingerprint density at radius 3 is 2.55 bits per heavy atom. The monoisotopic (exact) mass is 403 g/mol. The van der Waals surface area contributed by atoms with E-state index >= 15 is 0 Å². The van der Waals surface area contributed by atoms with Crippen molar-refractivity contribution in [2.45, 2.75) is 6.92 Å². The molecule has 0 aliphatic carbocycles. The van der Waals surface area contributed by atoms with Gasteiger partial charge in [-0.25, -0.2) is 4.98 Å². The molecule has 144 valence electrons. The van der Waals surface area contributed by atoms with Crippen molar-refractivity contribution >= 4 is 11.3 Å². The first kappa shape index (κ1) is 17.6. The zero-order valence-corrected chi connectivity index (χ0v) is 16.7. The predicted molar refractivity (Wildman–Crippen MR) is 112 cm³/mol. The van der Waals surface area contributed by atoms with E-state index in [9.17, 15) is 4.79 Å². The zero-order valence-electron chi connectivity index (χ0n) is 15.9. The summed E-state index contributed by atoms with van der Waals surface area (Å²) < 4.78 is 12.7. The van der Waals surface area contributed by atoms with Gasteiger partial charge >= 0.3 is 0 Å². The van der Waals surface area contributed by atoms with Crippen LogP contribution in [0.5, 0.6) is 11.5 Å². The molecule has 4 heterocycles. The molecule has 0 radical (unpaired) electrons. The number of aryl methyl sites for hydroxylation is 1. The Bertz CT molecular complexity index is 1280. The molecule has 6 nitrogen and oxygen atoms in total. The lowest BCUT2D eigenvalue weighted by molar-refractivity contribution is 0.174. The molecular formula is C22H17N3O3S. The minimum absolute atomic E-state index is 0.0874. The maximum atomic E-state index is 13.2. The standard InChI is InChI=1S/C22H17N3O3S/c1-13-11-29-21(24-13)17-10-16(15-3-4-18-19(9-15)28-12-27-18)20(25(2)22(17)26)14-5-7-23-8-6-14/h3-11H,12H2,1-2H3. The second-order valence-corrected chi connectivity index (χ2v) is 7.64. The van der Waals surface area contributed by atoms with Crippen molar-refractivity contribution in [1.82, 2.24) is 14.5 Å². The Hall–Kier alpha value is -3.45. The maximum absolute atomic E-state index is 13.2. The van der Waals surface area contributed by atoms with Crippen LogP contribution in [0.25, 0.3) is 33.0 Å². The number of thiazole rings is 1. The van der Waals surface area contributed by atoms with Crippen LogP contribution in [0.1, 0.15) is 5.69 Å². The number of pyridine rings is 2. The molecule has 4 aromatic rings. The van der Waals surface area contributed by atoms with Gasteiger partial charge in [-0.2, -0.15) is 0 Å². The summed E-state index contributed by atoms with van der Waals surface area (Å²) in [6.07, 6.45) is 3.45. The lowest BCUT2D eigenvalue weighted by Gasteiger charge is -2.16. The first-order valence-electron chi connectivity index (χ1n) is 9.09. The fourth-order valence-electron chi connectivity index (χ4n) is 3.51. The number of fused-ring (bicyclic) bond motifs is 1. The van der Waals surface area contributed by atoms with Gasteiger partial charge < -0.3 is 14.0 Å². The number of aromatic nitrogens is 3. The molecule has 0 amide bonds. The molecule has 3 aromatic heterocycles. The predicted octanol–water partition coefficient (Wildman–Crippen LogP) is 4.27. The normalized spacial score (nSPS) is 12.3. The quantitative estimate of drug-likeness (QED) is 0.511. The van der Waals surface area contributed by atoms with Crippen molar-refractivity contribution in [2.75, 3.05) is 6.79 Å². The van der Waals surface area contributed by atoms with Crippen molar-refractivity contribution in [3.8, 4) is 44.5 Å². The van der Waals surface area contributed by atoms with Crippen LogP contribution in [-0.2, 0) is 7.05 Å². The molecule has 0 saturated carbocycles. The van der Waals surface area contributed by atoms with Crippen LogP contribution in [0.3, 0.4) is 0 Å².